The van der Waals surface area contributed by atoms with E-state index < -0.39 is 0 Å². The number of rotatable bonds is 2. The summed E-state index contributed by atoms with van der Waals surface area (Å²) >= 11 is 0. The maximum Gasteiger partial charge on any atom is 0.332 e. The molecule has 3 nitrogen and oxygen atoms in total. The fraction of sp³-hybridized carbons (Fsp3) is 0.154. The van der Waals surface area contributed by atoms with Crippen LogP contribution in [0.2, 0.25) is 0 Å². The largest absolute Gasteiger partial charge is 0.507 e. The average Bonchev–Trinajstić information content (AvgIpc) is 2.29. The number of carbonyl (C=O) groups excluding carboxylic acids is 1. The number of methoxy groups -OCH3 is 1. The summed E-state index contributed by atoms with van der Waals surface area (Å²) in [7, 11) is 1.33. The van der Waals surface area contributed by atoms with Crippen molar-refractivity contribution < 1.29 is 14.6 Å². The maximum absolute atomic E-state index is 10.2. The molecule has 1 aromatic carbocycles. The van der Waals surface area contributed by atoms with Crippen LogP contribution in [0.4, 0.5) is 0 Å². The summed E-state index contributed by atoms with van der Waals surface area (Å²) in [5.74, 6) is -0.0625. The summed E-state index contributed by atoms with van der Waals surface area (Å²) in [5.41, 5.74) is 1.21. The van der Waals surface area contributed by atoms with E-state index in [1.165, 1.54) is 7.11 Å². The third kappa shape index (κ3) is 5.00. The number of esters is 1. The summed E-state index contributed by atoms with van der Waals surface area (Å²) in [5, 5.41) is 9.04. The van der Waals surface area contributed by atoms with Crippen LogP contribution in [-0.4, -0.2) is 18.2 Å². The van der Waals surface area contributed by atoms with Crippen LogP contribution in [-0.2, 0) is 9.53 Å². The Hall–Kier alpha value is -2.03. The zero-order chi connectivity index (χ0) is 12.6. The van der Waals surface area contributed by atoms with Crippen LogP contribution in [0.1, 0.15) is 12.5 Å². The van der Waals surface area contributed by atoms with Crippen LogP contribution in [0.3, 0.4) is 0 Å². The molecule has 0 amide bonds. The lowest BCUT2D eigenvalue weighted by Crippen LogP contribution is -1.98. The van der Waals surface area contributed by atoms with Crippen molar-refractivity contribution in [3.05, 3.63) is 48.6 Å². The fourth-order valence-corrected chi connectivity index (χ4v) is 0.834. The van der Waals surface area contributed by atoms with Gasteiger partial charge >= 0.3 is 5.97 Å². The van der Waals surface area contributed by atoms with Gasteiger partial charge in [0.15, 0.2) is 0 Å². The Kier molecular flexibility index (Phi) is 6.36. The van der Waals surface area contributed by atoms with Gasteiger partial charge < -0.3 is 9.84 Å². The van der Waals surface area contributed by atoms with Gasteiger partial charge in [-0.2, -0.15) is 0 Å². The van der Waals surface area contributed by atoms with Crippen LogP contribution >= 0.6 is 0 Å². The molecular weight excluding hydrogens is 204 g/mol. The first kappa shape index (κ1) is 14.0. The number of carbonyl (C=O) groups is 1. The Bertz CT molecular complexity index is 381. The van der Waals surface area contributed by atoms with Gasteiger partial charge in [0.25, 0.3) is 0 Å². The SMILES string of the molecule is C=C(C)C(=O)OC.C=Cc1ccccc1O. The van der Waals surface area contributed by atoms with E-state index in [-0.39, 0.29) is 11.7 Å². The number of phenolic OH excluding ortho intramolecular Hbond substituents is 1. The molecule has 0 bridgehead atoms. The minimum Gasteiger partial charge on any atom is -0.507 e. The van der Waals surface area contributed by atoms with E-state index in [0.29, 0.717) is 5.57 Å². The van der Waals surface area contributed by atoms with Gasteiger partial charge in [-0.05, 0) is 13.0 Å². The third-order valence-electron chi connectivity index (χ3n) is 1.69. The van der Waals surface area contributed by atoms with Gasteiger partial charge in [-0.3, -0.25) is 0 Å². The number of ether oxygens (including phenoxy) is 1. The number of para-hydroxylation sites is 1. The predicted molar refractivity (Wildman–Crippen MR) is 65.0 cm³/mol. The van der Waals surface area contributed by atoms with Crippen LogP contribution in [0.5, 0.6) is 5.75 Å². The molecule has 1 aromatic rings. The van der Waals surface area contributed by atoms with E-state index in [0.717, 1.165) is 5.56 Å². The van der Waals surface area contributed by atoms with Gasteiger partial charge in [-0.25, -0.2) is 4.79 Å². The molecule has 0 saturated carbocycles. The van der Waals surface area contributed by atoms with Crippen molar-refractivity contribution in [2.45, 2.75) is 6.92 Å². The van der Waals surface area contributed by atoms with Gasteiger partial charge in [-0.1, -0.05) is 37.4 Å². The second kappa shape index (κ2) is 7.29. The lowest BCUT2D eigenvalue weighted by Gasteiger charge is -1.93. The molecular formula is C13H16O3. The Morgan fingerprint density at radius 3 is 2.25 bits per heavy atom. The highest BCUT2D eigenvalue weighted by molar-refractivity contribution is 5.86. The van der Waals surface area contributed by atoms with Gasteiger partial charge in [0.2, 0.25) is 0 Å². The molecule has 1 rings (SSSR count). The van der Waals surface area contributed by atoms with Crippen molar-refractivity contribution in [3.8, 4) is 5.75 Å². The van der Waals surface area contributed by atoms with Crippen LogP contribution in [0, 0.1) is 0 Å². The van der Waals surface area contributed by atoms with E-state index in [1.807, 2.05) is 12.1 Å². The van der Waals surface area contributed by atoms with Crippen molar-refractivity contribution >= 4 is 12.0 Å². The smallest absolute Gasteiger partial charge is 0.332 e. The lowest BCUT2D eigenvalue weighted by atomic mass is 10.2. The first-order valence-corrected chi connectivity index (χ1v) is 4.67. The Morgan fingerprint density at radius 2 is 2.00 bits per heavy atom. The van der Waals surface area contributed by atoms with Gasteiger partial charge in [-0.15, -0.1) is 0 Å². The molecule has 0 aliphatic heterocycles. The molecule has 0 saturated heterocycles. The zero-order valence-electron chi connectivity index (χ0n) is 9.56. The molecule has 16 heavy (non-hydrogen) atoms. The van der Waals surface area contributed by atoms with Crippen LogP contribution < -0.4 is 0 Å². The highest BCUT2D eigenvalue weighted by Gasteiger charge is 1.95. The number of aromatic hydroxyl groups is 1. The second-order valence-corrected chi connectivity index (χ2v) is 3.03. The summed E-state index contributed by atoms with van der Waals surface area (Å²) < 4.78 is 4.27. The summed E-state index contributed by atoms with van der Waals surface area (Å²) in [6.45, 7) is 8.49. The van der Waals surface area contributed by atoms with Gasteiger partial charge in [0.05, 0.1) is 7.11 Å². The monoisotopic (exact) mass is 220 g/mol. The lowest BCUT2D eigenvalue weighted by molar-refractivity contribution is -0.136. The van der Waals surface area contributed by atoms with E-state index in [1.54, 1.807) is 25.1 Å². The normalized spacial score (nSPS) is 8.38. The van der Waals surface area contributed by atoms with Crippen molar-refractivity contribution in [2.24, 2.45) is 0 Å². The molecule has 86 valence electrons. The highest BCUT2D eigenvalue weighted by atomic mass is 16.5. The van der Waals surface area contributed by atoms with Crippen molar-refractivity contribution in [2.75, 3.05) is 7.11 Å². The third-order valence-corrected chi connectivity index (χ3v) is 1.69. The highest BCUT2D eigenvalue weighted by Crippen LogP contribution is 2.15. The number of hydrogen-bond acceptors (Lipinski definition) is 3. The Morgan fingerprint density at radius 1 is 1.44 bits per heavy atom. The zero-order valence-corrected chi connectivity index (χ0v) is 9.56. The first-order chi connectivity index (χ1) is 7.52. The molecule has 3 heteroatoms. The van der Waals surface area contributed by atoms with Gasteiger partial charge in [0, 0.05) is 11.1 Å². The van der Waals surface area contributed by atoms with Gasteiger partial charge in [0.1, 0.15) is 5.75 Å². The number of benzene rings is 1. The Balaban J connectivity index is 0.000000293. The van der Waals surface area contributed by atoms with Crippen molar-refractivity contribution in [1.29, 1.82) is 0 Å². The number of phenols is 1. The summed E-state index contributed by atoms with van der Waals surface area (Å²) in [6, 6.07) is 7.08. The molecule has 0 atom stereocenters. The fourth-order valence-electron chi connectivity index (χ4n) is 0.834. The molecule has 0 unspecified atom stereocenters. The Labute approximate surface area is 95.7 Å². The molecule has 0 heterocycles. The molecule has 1 N–H and O–H groups in total. The molecule has 0 aliphatic rings. The molecule has 0 aromatic heterocycles. The number of hydrogen-bond donors (Lipinski definition) is 1. The maximum atomic E-state index is 10.2. The molecule has 0 spiro atoms. The van der Waals surface area contributed by atoms with Crippen molar-refractivity contribution in [3.63, 3.8) is 0 Å². The van der Waals surface area contributed by atoms with E-state index >= 15 is 0 Å². The minimum atomic E-state index is -0.347. The van der Waals surface area contributed by atoms with Crippen molar-refractivity contribution in [1.82, 2.24) is 0 Å². The summed E-state index contributed by atoms with van der Waals surface area (Å²) in [4.78, 5) is 10.2. The standard InChI is InChI=1S/C8H8O.C5H8O2/c1-2-7-5-3-4-6-8(7)9;1-4(2)5(6)7-3/h2-6,9H,1H2;1H2,2-3H3. The predicted octanol–water partition coefficient (Wildman–Crippen LogP) is 2.77. The van der Waals surface area contributed by atoms with E-state index in [2.05, 4.69) is 17.9 Å². The quantitative estimate of drug-likeness (QED) is 0.615. The van der Waals surface area contributed by atoms with E-state index in [9.17, 15) is 4.79 Å². The van der Waals surface area contributed by atoms with E-state index in [4.69, 9.17) is 5.11 Å². The molecule has 0 aliphatic carbocycles. The minimum absolute atomic E-state index is 0.285. The summed E-state index contributed by atoms with van der Waals surface area (Å²) in [6.07, 6.45) is 1.62. The first-order valence-electron chi connectivity index (χ1n) is 4.67. The average molecular weight is 220 g/mol. The van der Waals surface area contributed by atoms with Crippen LogP contribution in [0.25, 0.3) is 6.08 Å². The second-order valence-electron chi connectivity index (χ2n) is 3.03. The molecule has 0 fully saturated rings. The van der Waals surface area contributed by atoms with Crippen LogP contribution in [0.15, 0.2) is 43.0 Å². The molecule has 0 radical (unpaired) electrons. The topological polar surface area (TPSA) is 46.5 Å².